The largest absolute Gasteiger partial charge is 0.354 e. The minimum Gasteiger partial charge on any atom is -0.354 e. The number of guanidine groups is 1. The van der Waals surface area contributed by atoms with Crippen LogP contribution in [0.25, 0.3) is 0 Å². The summed E-state index contributed by atoms with van der Waals surface area (Å²) < 4.78 is 0. The van der Waals surface area contributed by atoms with Crippen molar-refractivity contribution in [1.82, 2.24) is 16.1 Å². The Morgan fingerprint density at radius 2 is 2.19 bits per heavy atom. The van der Waals surface area contributed by atoms with E-state index in [2.05, 4.69) is 21.1 Å². The van der Waals surface area contributed by atoms with Gasteiger partial charge in [-0.25, -0.2) is 5.84 Å². The summed E-state index contributed by atoms with van der Waals surface area (Å²) >= 11 is 0. The first kappa shape index (κ1) is 12.8. The van der Waals surface area contributed by atoms with Crippen molar-refractivity contribution in [3.05, 3.63) is 0 Å². The molecular weight excluding hydrogens is 206 g/mol. The van der Waals surface area contributed by atoms with E-state index >= 15 is 0 Å². The molecule has 92 valence electrons. The minimum absolute atomic E-state index is 0.0153. The van der Waals surface area contributed by atoms with E-state index in [1.807, 2.05) is 13.8 Å². The molecule has 0 aromatic heterocycles. The Morgan fingerprint density at radius 3 is 2.69 bits per heavy atom. The second-order valence-electron chi connectivity index (χ2n) is 4.27. The van der Waals surface area contributed by atoms with Crippen LogP contribution in [0.3, 0.4) is 0 Å². The summed E-state index contributed by atoms with van der Waals surface area (Å²) in [6, 6.07) is 0.674. The van der Waals surface area contributed by atoms with Crippen molar-refractivity contribution in [3.63, 3.8) is 0 Å². The van der Waals surface area contributed by atoms with Crippen LogP contribution in [0.4, 0.5) is 0 Å². The highest BCUT2D eigenvalue weighted by atomic mass is 16.1. The van der Waals surface area contributed by atoms with Gasteiger partial charge in [-0.1, -0.05) is 0 Å². The van der Waals surface area contributed by atoms with Gasteiger partial charge in [0.05, 0.1) is 6.54 Å². The first-order chi connectivity index (χ1) is 7.61. The number of nitrogens with zero attached hydrogens (tertiary/aromatic N) is 1. The van der Waals surface area contributed by atoms with Crippen LogP contribution in [0.2, 0.25) is 0 Å². The first-order valence-corrected chi connectivity index (χ1v) is 5.68. The topological polar surface area (TPSA) is 91.5 Å². The number of hydrazine groups is 1. The Labute approximate surface area is 96.0 Å². The standard InChI is InChI=1S/C10H21N5O/c1-7(2)13-9(16)5-6-12-10(15-11)14-8-3-4-8/h7-8H,3-6,11H2,1-2H3,(H,13,16)(H2,12,14,15). The van der Waals surface area contributed by atoms with Gasteiger partial charge in [-0.2, -0.15) is 0 Å². The molecule has 1 amide bonds. The molecule has 6 nitrogen and oxygen atoms in total. The summed E-state index contributed by atoms with van der Waals surface area (Å²) in [5.41, 5.74) is 2.50. The van der Waals surface area contributed by atoms with Gasteiger partial charge in [0.15, 0.2) is 0 Å². The van der Waals surface area contributed by atoms with E-state index in [-0.39, 0.29) is 11.9 Å². The average Bonchev–Trinajstić information content (AvgIpc) is 2.99. The molecular formula is C10H21N5O. The maximum atomic E-state index is 11.3. The molecule has 6 heteroatoms. The lowest BCUT2D eigenvalue weighted by molar-refractivity contribution is -0.121. The van der Waals surface area contributed by atoms with E-state index in [0.717, 1.165) is 12.8 Å². The average molecular weight is 227 g/mol. The summed E-state index contributed by atoms with van der Waals surface area (Å²) in [5, 5.41) is 5.94. The van der Waals surface area contributed by atoms with Crippen LogP contribution in [-0.4, -0.2) is 30.5 Å². The van der Waals surface area contributed by atoms with Gasteiger partial charge in [0, 0.05) is 18.5 Å². The highest BCUT2D eigenvalue weighted by Crippen LogP contribution is 2.18. The Kier molecular flexibility index (Phi) is 5.04. The molecule has 0 aromatic carbocycles. The van der Waals surface area contributed by atoms with Gasteiger partial charge < -0.3 is 10.6 Å². The molecule has 1 aliphatic carbocycles. The van der Waals surface area contributed by atoms with Crippen molar-refractivity contribution in [2.45, 2.75) is 45.2 Å². The molecule has 16 heavy (non-hydrogen) atoms. The third-order valence-corrected chi connectivity index (χ3v) is 2.11. The Bertz CT molecular complexity index is 260. The smallest absolute Gasteiger partial charge is 0.222 e. The van der Waals surface area contributed by atoms with Gasteiger partial charge >= 0.3 is 0 Å². The molecule has 1 aliphatic rings. The monoisotopic (exact) mass is 227 g/mol. The molecule has 0 bridgehead atoms. The number of hydrogen-bond donors (Lipinski definition) is 4. The Hall–Kier alpha value is -1.30. The number of amides is 1. The van der Waals surface area contributed by atoms with Crippen LogP contribution in [0.15, 0.2) is 4.99 Å². The van der Waals surface area contributed by atoms with Crippen LogP contribution >= 0.6 is 0 Å². The highest BCUT2D eigenvalue weighted by molar-refractivity contribution is 5.80. The predicted molar refractivity (Wildman–Crippen MR) is 63.7 cm³/mol. The van der Waals surface area contributed by atoms with E-state index in [1.54, 1.807) is 0 Å². The van der Waals surface area contributed by atoms with Crippen LogP contribution in [0.5, 0.6) is 0 Å². The number of nitrogens with one attached hydrogen (secondary N) is 3. The second kappa shape index (κ2) is 6.32. The van der Waals surface area contributed by atoms with Gasteiger partial charge in [-0.05, 0) is 26.7 Å². The van der Waals surface area contributed by atoms with Crippen LogP contribution in [0, 0.1) is 0 Å². The summed E-state index contributed by atoms with van der Waals surface area (Å²) in [4.78, 5) is 15.5. The van der Waals surface area contributed by atoms with Crippen LogP contribution < -0.4 is 21.9 Å². The summed E-state index contributed by atoms with van der Waals surface area (Å²) in [7, 11) is 0. The van der Waals surface area contributed by atoms with Crippen LogP contribution in [-0.2, 0) is 4.79 Å². The maximum Gasteiger partial charge on any atom is 0.222 e. The SMILES string of the molecule is CC(C)NC(=O)CCN=C(NN)NC1CC1. The quantitative estimate of drug-likeness (QED) is 0.220. The van der Waals surface area contributed by atoms with Gasteiger partial charge in [0.25, 0.3) is 0 Å². The molecule has 1 rings (SSSR count). The normalized spacial score (nSPS) is 16.1. The number of carbonyl (C=O) groups is 1. The molecule has 1 fully saturated rings. The van der Waals surface area contributed by atoms with Crippen molar-refractivity contribution in [2.24, 2.45) is 10.8 Å². The molecule has 1 saturated carbocycles. The fourth-order valence-corrected chi connectivity index (χ4v) is 1.22. The third-order valence-electron chi connectivity index (χ3n) is 2.11. The first-order valence-electron chi connectivity index (χ1n) is 5.68. The number of hydrogen-bond acceptors (Lipinski definition) is 3. The van der Waals surface area contributed by atoms with E-state index in [1.165, 1.54) is 0 Å². The van der Waals surface area contributed by atoms with E-state index in [9.17, 15) is 4.79 Å². The molecule has 0 saturated heterocycles. The fraction of sp³-hybridized carbons (Fsp3) is 0.800. The van der Waals surface area contributed by atoms with Gasteiger partial charge in [0.2, 0.25) is 11.9 Å². The van der Waals surface area contributed by atoms with Gasteiger partial charge in [-0.15, -0.1) is 0 Å². The predicted octanol–water partition coefficient (Wildman–Crippen LogP) is -0.528. The number of aliphatic imine (C=N–C) groups is 1. The maximum absolute atomic E-state index is 11.3. The third kappa shape index (κ3) is 5.55. The summed E-state index contributed by atoms with van der Waals surface area (Å²) in [6.45, 7) is 4.31. The number of rotatable bonds is 5. The van der Waals surface area contributed by atoms with Crippen molar-refractivity contribution < 1.29 is 4.79 Å². The van der Waals surface area contributed by atoms with Crippen LogP contribution in [0.1, 0.15) is 33.1 Å². The molecule has 0 heterocycles. The van der Waals surface area contributed by atoms with Crippen molar-refractivity contribution in [1.29, 1.82) is 0 Å². The summed E-state index contributed by atoms with van der Waals surface area (Å²) in [5.74, 6) is 5.89. The lowest BCUT2D eigenvalue weighted by Crippen LogP contribution is -2.42. The van der Waals surface area contributed by atoms with E-state index < -0.39 is 0 Å². The van der Waals surface area contributed by atoms with Crippen molar-refractivity contribution in [3.8, 4) is 0 Å². The Morgan fingerprint density at radius 1 is 1.50 bits per heavy atom. The lowest BCUT2D eigenvalue weighted by atomic mass is 10.3. The summed E-state index contributed by atoms with van der Waals surface area (Å²) in [6.07, 6.45) is 2.71. The second-order valence-corrected chi connectivity index (χ2v) is 4.27. The molecule has 0 radical (unpaired) electrons. The van der Waals surface area contributed by atoms with Crippen molar-refractivity contribution in [2.75, 3.05) is 6.54 Å². The van der Waals surface area contributed by atoms with Gasteiger partial charge in [-0.3, -0.25) is 15.2 Å². The number of carbonyl (C=O) groups excluding carboxylic acids is 1. The highest BCUT2D eigenvalue weighted by Gasteiger charge is 2.21. The van der Waals surface area contributed by atoms with Crippen molar-refractivity contribution >= 4 is 11.9 Å². The number of nitrogens with two attached hydrogens (primary N) is 1. The van der Waals surface area contributed by atoms with Gasteiger partial charge in [0.1, 0.15) is 0 Å². The molecule has 5 N–H and O–H groups in total. The van der Waals surface area contributed by atoms with E-state index in [4.69, 9.17) is 5.84 Å². The zero-order valence-corrected chi connectivity index (χ0v) is 9.92. The van der Waals surface area contributed by atoms with E-state index in [0.29, 0.717) is 25.0 Å². The molecule has 0 atom stereocenters. The molecule has 0 unspecified atom stereocenters. The Balaban J connectivity index is 2.19. The minimum atomic E-state index is 0.0153. The zero-order chi connectivity index (χ0) is 12.0. The lowest BCUT2D eigenvalue weighted by Gasteiger charge is -2.09. The molecule has 0 aliphatic heterocycles. The fourth-order valence-electron chi connectivity index (χ4n) is 1.22. The molecule has 0 spiro atoms. The molecule has 0 aromatic rings. The zero-order valence-electron chi connectivity index (χ0n) is 9.92.